The number of aromatic hydroxyl groups is 1. The zero-order chi connectivity index (χ0) is 21.1. The van der Waals surface area contributed by atoms with Crippen molar-refractivity contribution in [1.82, 2.24) is 14.9 Å². The molecule has 0 saturated carbocycles. The van der Waals surface area contributed by atoms with Crippen molar-refractivity contribution in [2.45, 2.75) is 13.8 Å². The number of ether oxygens (including phenoxy) is 1. The van der Waals surface area contributed by atoms with Crippen molar-refractivity contribution in [1.29, 1.82) is 0 Å². The standard InChI is InChI=1S/C23H26N4O3/c1-3-30-21(29)15-26-10-12-27(13-11-26)23-17-9-8-16(2)14-19(17)24-22(25-23)18-6-4-5-7-20(18)28/h4-9,14,28H,3,10-13,15H2,1-2H3. The number of carbonyl (C=O) groups is 1. The third-order valence-electron chi connectivity index (χ3n) is 5.31. The van der Waals surface area contributed by atoms with E-state index in [1.165, 1.54) is 0 Å². The smallest absolute Gasteiger partial charge is 0.320 e. The number of anilines is 1. The molecule has 0 aliphatic carbocycles. The summed E-state index contributed by atoms with van der Waals surface area (Å²) >= 11 is 0. The van der Waals surface area contributed by atoms with Gasteiger partial charge in [-0.15, -0.1) is 0 Å². The summed E-state index contributed by atoms with van der Waals surface area (Å²) in [5, 5.41) is 11.3. The van der Waals surface area contributed by atoms with Gasteiger partial charge in [0.05, 0.1) is 24.2 Å². The molecule has 1 saturated heterocycles. The van der Waals surface area contributed by atoms with Crippen molar-refractivity contribution in [3.05, 3.63) is 48.0 Å². The van der Waals surface area contributed by atoms with Crippen molar-refractivity contribution < 1.29 is 14.6 Å². The van der Waals surface area contributed by atoms with Crippen LogP contribution in [0.5, 0.6) is 5.75 Å². The Hall–Kier alpha value is -3.19. The molecule has 0 atom stereocenters. The van der Waals surface area contributed by atoms with Crippen molar-refractivity contribution in [2.75, 3.05) is 44.2 Å². The summed E-state index contributed by atoms with van der Waals surface area (Å²) in [5.74, 6) is 1.34. The number of benzene rings is 2. The zero-order valence-electron chi connectivity index (χ0n) is 17.3. The third-order valence-corrected chi connectivity index (χ3v) is 5.31. The highest BCUT2D eigenvalue weighted by molar-refractivity contribution is 5.92. The molecule has 1 aromatic heterocycles. The number of nitrogens with zero attached hydrogens (tertiary/aromatic N) is 4. The Kier molecular flexibility index (Phi) is 5.81. The van der Waals surface area contributed by atoms with Crippen LogP contribution in [0.2, 0.25) is 0 Å². The highest BCUT2D eigenvalue weighted by Crippen LogP contribution is 2.32. The first kappa shape index (κ1) is 20.1. The van der Waals surface area contributed by atoms with E-state index in [0.29, 0.717) is 24.5 Å². The van der Waals surface area contributed by atoms with Gasteiger partial charge in [-0.25, -0.2) is 9.97 Å². The number of fused-ring (bicyclic) bond motifs is 1. The molecule has 7 heteroatoms. The van der Waals surface area contributed by atoms with Gasteiger partial charge in [-0.3, -0.25) is 9.69 Å². The lowest BCUT2D eigenvalue weighted by molar-refractivity contribution is -0.144. The molecule has 0 spiro atoms. The van der Waals surface area contributed by atoms with E-state index in [1.54, 1.807) is 12.1 Å². The van der Waals surface area contributed by atoms with Crippen LogP contribution in [0.15, 0.2) is 42.5 Å². The molecule has 1 aliphatic rings. The quantitative estimate of drug-likeness (QED) is 0.653. The molecule has 156 valence electrons. The number of phenols is 1. The molecule has 2 heterocycles. The Morgan fingerprint density at radius 1 is 1.10 bits per heavy atom. The molecule has 0 amide bonds. The highest BCUT2D eigenvalue weighted by Gasteiger charge is 2.23. The average molecular weight is 406 g/mol. The minimum absolute atomic E-state index is 0.162. The summed E-state index contributed by atoms with van der Waals surface area (Å²) in [6.45, 7) is 7.58. The maximum Gasteiger partial charge on any atom is 0.320 e. The van der Waals surface area contributed by atoms with E-state index in [0.717, 1.165) is 48.5 Å². The molecule has 3 aromatic rings. The van der Waals surface area contributed by atoms with Crippen LogP contribution in [0.4, 0.5) is 5.82 Å². The number of aromatic nitrogens is 2. The summed E-state index contributed by atoms with van der Waals surface area (Å²) in [4.78, 5) is 25.7. The van der Waals surface area contributed by atoms with E-state index in [-0.39, 0.29) is 11.7 Å². The second-order valence-electron chi connectivity index (χ2n) is 7.48. The average Bonchev–Trinajstić information content (AvgIpc) is 2.74. The molecule has 30 heavy (non-hydrogen) atoms. The van der Waals surface area contributed by atoms with Gasteiger partial charge in [-0.1, -0.05) is 18.2 Å². The van der Waals surface area contributed by atoms with Gasteiger partial charge in [0.15, 0.2) is 5.82 Å². The molecular formula is C23H26N4O3. The Balaban J connectivity index is 1.65. The summed E-state index contributed by atoms with van der Waals surface area (Å²) in [5.41, 5.74) is 2.59. The fourth-order valence-corrected chi connectivity index (χ4v) is 3.75. The predicted octanol–water partition coefficient (Wildman–Crippen LogP) is 3.00. The maximum atomic E-state index is 11.8. The van der Waals surface area contributed by atoms with Gasteiger partial charge >= 0.3 is 5.97 Å². The Morgan fingerprint density at radius 3 is 2.60 bits per heavy atom. The number of hydrogen-bond donors (Lipinski definition) is 1. The van der Waals surface area contributed by atoms with Crippen molar-refractivity contribution in [3.63, 3.8) is 0 Å². The fourth-order valence-electron chi connectivity index (χ4n) is 3.75. The van der Waals surface area contributed by atoms with E-state index in [9.17, 15) is 9.90 Å². The third kappa shape index (κ3) is 4.21. The van der Waals surface area contributed by atoms with Crippen molar-refractivity contribution >= 4 is 22.7 Å². The van der Waals surface area contributed by atoms with E-state index >= 15 is 0 Å². The van der Waals surface area contributed by atoms with Gasteiger partial charge in [0.2, 0.25) is 0 Å². The number of esters is 1. The summed E-state index contributed by atoms with van der Waals surface area (Å²) in [7, 11) is 0. The topological polar surface area (TPSA) is 78.8 Å². The van der Waals surface area contributed by atoms with Crippen LogP contribution in [0.3, 0.4) is 0 Å². The number of aryl methyl sites for hydroxylation is 1. The van der Waals surface area contributed by atoms with Crippen LogP contribution in [-0.2, 0) is 9.53 Å². The second kappa shape index (κ2) is 8.67. The van der Waals surface area contributed by atoms with Gasteiger partial charge in [-0.05, 0) is 43.7 Å². The fraction of sp³-hybridized carbons (Fsp3) is 0.348. The van der Waals surface area contributed by atoms with E-state index in [4.69, 9.17) is 14.7 Å². The van der Waals surface area contributed by atoms with E-state index < -0.39 is 0 Å². The molecule has 0 unspecified atom stereocenters. The number of carbonyl (C=O) groups excluding carboxylic acids is 1. The van der Waals surface area contributed by atoms with Crippen LogP contribution >= 0.6 is 0 Å². The first-order valence-corrected chi connectivity index (χ1v) is 10.2. The molecule has 1 fully saturated rings. The normalized spacial score (nSPS) is 14.8. The molecule has 7 nitrogen and oxygen atoms in total. The van der Waals surface area contributed by atoms with Crippen LogP contribution < -0.4 is 4.90 Å². The van der Waals surface area contributed by atoms with Gasteiger partial charge < -0.3 is 14.7 Å². The molecular weight excluding hydrogens is 380 g/mol. The summed E-state index contributed by atoms with van der Waals surface area (Å²) in [6.07, 6.45) is 0. The van der Waals surface area contributed by atoms with Crippen LogP contribution in [0.25, 0.3) is 22.3 Å². The largest absolute Gasteiger partial charge is 0.507 e. The molecule has 0 radical (unpaired) electrons. The van der Waals surface area contributed by atoms with Gasteiger partial charge in [0.25, 0.3) is 0 Å². The lowest BCUT2D eigenvalue weighted by Crippen LogP contribution is -2.48. The molecule has 4 rings (SSSR count). The number of para-hydroxylation sites is 1. The predicted molar refractivity (Wildman–Crippen MR) is 117 cm³/mol. The zero-order valence-corrected chi connectivity index (χ0v) is 17.3. The summed E-state index contributed by atoms with van der Waals surface area (Å²) in [6, 6.07) is 13.3. The molecule has 2 aromatic carbocycles. The maximum absolute atomic E-state index is 11.8. The van der Waals surface area contributed by atoms with Crippen molar-refractivity contribution in [3.8, 4) is 17.1 Å². The lowest BCUT2D eigenvalue weighted by atomic mass is 10.1. The Labute approximate surface area is 175 Å². The van der Waals surface area contributed by atoms with Crippen molar-refractivity contribution in [2.24, 2.45) is 0 Å². The SMILES string of the molecule is CCOC(=O)CN1CCN(c2nc(-c3ccccc3O)nc3cc(C)ccc23)CC1. The van der Waals surface area contributed by atoms with Crippen LogP contribution in [0.1, 0.15) is 12.5 Å². The highest BCUT2D eigenvalue weighted by atomic mass is 16.5. The Morgan fingerprint density at radius 2 is 1.87 bits per heavy atom. The van der Waals surface area contributed by atoms with Gasteiger partial charge in [0.1, 0.15) is 11.6 Å². The van der Waals surface area contributed by atoms with Gasteiger partial charge in [-0.2, -0.15) is 0 Å². The second-order valence-corrected chi connectivity index (χ2v) is 7.48. The lowest BCUT2D eigenvalue weighted by Gasteiger charge is -2.35. The Bertz CT molecular complexity index is 1060. The summed E-state index contributed by atoms with van der Waals surface area (Å²) < 4.78 is 5.06. The number of phenolic OH excluding ortho intramolecular Hbond substituents is 1. The number of rotatable bonds is 5. The minimum Gasteiger partial charge on any atom is -0.507 e. The minimum atomic E-state index is -0.184. The first-order valence-electron chi connectivity index (χ1n) is 10.2. The van der Waals surface area contributed by atoms with Crippen LogP contribution in [0, 0.1) is 6.92 Å². The molecule has 1 N–H and O–H groups in total. The molecule has 0 bridgehead atoms. The number of piperazine rings is 1. The van der Waals surface area contributed by atoms with Gasteiger partial charge in [0, 0.05) is 31.6 Å². The van der Waals surface area contributed by atoms with Crippen LogP contribution in [-0.4, -0.2) is 65.3 Å². The van der Waals surface area contributed by atoms with E-state index in [2.05, 4.69) is 21.9 Å². The number of hydrogen-bond acceptors (Lipinski definition) is 7. The molecule has 1 aliphatic heterocycles. The first-order chi connectivity index (χ1) is 14.5. The monoisotopic (exact) mass is 406 g/mol. The van der Waals surface area contributed by atoms with E-state index in [1.807, 2.05) is 32.0 Å².